The van der Waals surface area contributed by atoms with E-state index in [-0.39, 0.29) is 31.1 Å². The summed E-state index contributed by atoms with van der Waals surface area (Å²) in [6.07, 6.45) is -0.496. The average molecular weight is 412 g/mol. The number of amides is 1. The monoisotopic (exact) mass is 412 g/mol. The van der Waals surface area contributed by atoms with Crippen LogP contribution in [0.5, 0.6) is 5.75 Å². The molecule has 0 saturated carbocycles. The molecule has 1 fully saturated rings. The molecule has 0 aromatic heterocycles. The summed E-state index contributed by atoms with van der Waals surface area (Å²) in [7, 11) is 0. The molecule has 0 bridgehead atoms. The number of non-ortho nitro benzene ring substituents is 1. The van der Waals surface area contributed by atoms with E-state index in [2.05, 4.69) is 5.28 Å². The molecule has 1 aliphatic rings. The fraction of sp³-hybridized carbons (Fsp3) is 0.533. The lowest BCUT2D eigenvalue weighted by Gasteiger charge is -2.32. The molecule has 1 saturated heterocycles. The maximum atomic E-state index is 12.1. The number of nitro groups is 2. The molecule has 1 aromatic carbocycles. The van der Waals surface area contributed by atoms with E-state index in [4.69, 9.17) is 9.57 Å². The van der Waals surface area contributed by atoms with E-state index in [1.165, 1.54) is 9.91 Å². The van der Waals surface area contributed by atoms with Gasteiger partial charge in [-0.1, -0.05) is 0 Å². The number of carbonyl (C=O) groups is 1. The molecule has 1 heterocycles. The third-order valence-electron chi connectivity index (χ3n) is 3.71. The van der Waals surface area contributed by atoms with Gasteiger partial charge in [-0.2, -0.15) is 0 Å². The molecule has 14 nitrogen and oxygen atoms in total. The summed E-state index contributed by atoms with van der Waals surface area (Å²) in [6, 6.07) is 2.68. The summed E-state index contributed by atoms with van der Waals surface area (Å²) in [5.41, 5.74) is -1.84. The van der Waals surface area contributed by atoms with E-state index in [1.807, 2.05) is 0 Å². The van der Waals surface area contributed by atoms with Gasteiger partial charge in [0.2, 0.25) is 11.0 Å². The first-order valence-electron chi connectivity index (χ1n) is 8.49. The van der Waals surface area contributed by atoms with Crippen molar-refractivity contribution in [3.8, 4) is 5.75 Å². The summed E-state index contributed by atoms with van der Waals surface area (Å²) in [6.45, 7) is 5.92. The van der Waals surface area contributed by atoms with E-state index in [1.54, 1.807) is 20.8 Å². The molecule has 2 rings (SSSR count). The molecule has 0 aliphatic carbocycles. The van der Waals surface area contributed by atoms with Crippen LogP contribution in [0.2, 0.25) is 0 Å². The van der Waals surface area contributed by atoms with Crippen LogP contribution in [-0.4, -0.2) is 62.6 Å². The summed E-state index contributed by atoms with van der Waals surface area (Å²) in [4.78, 5) is 38.5. The third kappa shape index (κ3) is 5.88. The van der Waals surface area contributed by atoms with Crippen molar-refractivity contribution in [3.05, 3.63) is 43.6 Å². The van der Waals surface area contributed by atoms with Gasteiger partial charge < -0.3 is 14.8 Å². The molecular weight excluding hydrogens is 392 g/mol. The molecule has 158 valence electrons. The van der Waals surface area contributed by atoms with Crippen molar-refractivity contribution in [1.29, 1.82) is 0 Å². The molecule has 0 atom stereocenters. The van der Waals surface area contributed by atoms with Crippen LogP contribution in [0, 0.1) is 25.4 Å². The Kier molecular flexibility index (Phi) is 6.35. The number of rotatable bonds is 5. The average Bonchev–Trinajstić information content (AvgIpc) is 2.64. The highest BCUT2D eigenvalue weighted by Crippen LogP contribution is 2.31. The number of hydrogen-bond donors (Lipinski definition) is 0. The first-order valence-corrected chi connectivity index (χ1v) is 8.49. The van der Waals surface area contributed by atoms with Gasteiger partial charge >= 0.3 is 11.8 Å². The maximum Gasteiger partial charge on any atom is 0.410 e. The molecule has 14 heteroatoms. The van der Waals surface area contributed by atoms with Crippen LogP contribution in [0.3, 0.4) is 0 Å². The van der Waals surface area contributed by atoms with Gasteiger partial charge in [-0.15, -0.1) is 5.01 Å². The van der Waals surface area contributed by atoms with E-state index in [9.17, 15) is 30.2 Å². The van der Waals surface area contributed by atoms with E-state index < -0.39 is 38.7 Å². The Bertz CT molecular complexity index is 829. The second kappa shape index (κ2) is 8.53. The lowest BCUT2D eigenvalue weighted by molar-refractivity contribution is -0.708. The van der Waals surface area contributed by atoms with Crippen molar-refractivity contribution in [2.45, 2.75) is 26.4 Å². The van der Waals surface area contributed by atoms with Crippen molar-refractivity contribution in [2.24, 2.45) is 5.28 Å². The SMILES string of the molecule is CC(C)(C)OC(=O)N1CCN(/[N+]([O-])=N\Oc2ccc([N+](=O)[O-])cc2[N+](=O)[O-])CC1. The van der Waals surface area contributed by atoms with E-state index >= 15 is 0 Å². The van der Waals surface area contributed by atoms with Crippen LogP contribution in [0.1, 0.15) is 20.8 Å². The number of hydrazine groups is 1. The zero-order chi connectivity index (χ0) is 21.8. The fourth-order valence-electron chi connectivity index (χ4n) is 2.35. The van der Waals surface area contributed by atoms with Gasteiger partial charge in [-0.25, -0.2) is 4.79 Å². The number of hydrogen-bond acceptors (Lipinski definition) is 9. The van der Waals surface area contributed by atoms with Crippen molar-refractivity contribution in [3.63, 3.8) is 0 Å². The Morgan fingerprint density at radius 2 is 1.69 bits per heavy atom. The van der Waals surface area contributed by atoms with Gasteiger partial charge in [0.25, 0.3) is 5.69 Å². The van der Waals surface area contributed by atoms with Crippen LogP contribution < -0.4 is 4.84 Å². The Hall–Kier alpha value is -3.71. The van der Waals surface area contributed by atoms with Gasteiger partial charge in [0.1, 0.15) is 5.60 Å². The van der Waals surface area contributed by atoms with Crippen LogP contribution >= 0.6 is 0 Å². The minimum absolute atomic E-state index is 0.109. The van der Waals surface area contributed by atoms with Crippen LogP contribution in [-0.2, 0) is 4.74 Å². The molecular formula is C15H20N6O8. The lowest BCUT2D eigenvalue weighted by Crippen LogP contribution is -2.51. The number of nitro benzene ring substituents is 2. The minimum Gasteiger partial charge on any atom is -0.569 e. The Morgan fingerprint density at radius 1 is 1.07 bits per heavy atom. The predicted molar refractivity (Wildman–Crippen MR) is 95.8 cm³/mol. The van der Waals surface area contributed by atoms with Crippen LogP contribution in [0.25, 0.3) is 0 Å². The van der Waals surface area contributed by atoms with Gasteiger partial charge in [-0.3, -0.25) is 25.1 Å². The number of ether oxygens (including phenoxy) is 1. The summed E-state index contributed by atoms with van der Waals surface area (Å²) in [5.74, 6) is -0.422. The number of benzene rings is 1. The van der Waals surface area contributed by atoms with E-state index in [0.717, 1.165) is 12.1 Å². The molecule has 0 spiro atoms. The summed E-state index contributed by atoms with van der Waals surface area (Å²) >= 11 is 0. The van der Waals surface area contributed by atoms with Crippen molar-refractivity contribution in [2.75, 3.05) is 26.2 Å². The summed E-state index contributed by atoms with van der Waals surface area (Å²) < 4.78 is 5.26. The molecule has 29 heavy (non-hydrogen) atoms. The van der Waals surface area contributed by atoms with Gasteiger partial charge in [0.15, 0.2) is 0 Å². The highest BCUT2D eigenvalue weighted by atomic mass is 16.7. The van der Waals surface area contributed by atoms with Crippen molar-refractivity contribution >= 4 is 17.5 Å². The van der Waals surface area contributed by atoms with Gasteiger partial charge in [0.05, 0.1) is 34.0 Å². The standard InChI is InChI=1S/C15H20N6O8/c1-15(2,3)28-14(22)17-6-8-18(9-7-17)21(27)16-29-13-5-4-11(19(23)24)10-12(13)20(25)26/h4-5,10H,6-9H2,1-3H3/b21-16+. The van der Waals surface area contributed by atoms with Crippen LogP contribution in [0.4, 0.5) is 16.2 Å². The van der Waals surface area contributed by atoms with Gasteiger partial charge in [-0.05, 0) is 26.8 Å². The normalized spacial score (nSPS) is 15.1. The number of nitrogens with zero attached hydrogens (tertiary/aromatic N) is 6. The third-order valence-corrected chi connectivity index (χ3v) is 3.71. The van der Waals surface area contributed by atoms with Crippen LogP contribution in [0.15, 0.2) is 23.5 Å². The molecule has 0 unspecified atom stereocenters. The summed E-state index contributed by atoms with van der Waals surface area (Å²) in [5, 5.41) is 38.3. The Morgan fingerprint density at radius 3 is 2.21 bits per heavy atom. The maximum absolute atomic E-state index is 12.1. The lowest BCUT2D eigenvalue weighted by atomic mass is 10.2. The first kappa shape index (κ1) is 21.6. The molecule has 0 radical (unpaired) electrons. The zero-order valence-corrected chi connectivity index (χ0v) is 16.0. The van der Waals surface area contributed by atoms with Crippen molar-refractivity contribution in [1.82, 2.24) is 9.91 Å². The topological polar surface area (TPSA) is 167 Å². The molecule has 0 N–H and O–H groups in total. The molecule has 1 amide bonds. The zero-order valence-electron chi connectivity index (χ0n) is 16.0. The largest absolute Gasteiger partial charge is 0.569 e. The second-order valence-electron chi connectivity index (χ2n) is 7.01. The van der Waals surface area contributed by atoms with Crippen molar-refractivity contribution < 1.29 is 29.2 Å². The second-order valence-corrected chi connectivity index (χ2v) is 7.01. The number of carbonyl (C=O) groups excluding carboxylic acids is 1. The minimum atomic E-state index is -0.882. The van der Waals surface area contributed by atoms with E-state index in [0.29, 0.717) is 6.07 Å². The quantitative estimate of drug-likeness (QED) is 0.305. The Labute approximate surface area is 164 Å². The fourth-order valence-corrected chi connectivity index (χ4v) is 2.35. The van der Waals surface area contributed by atoms with Gasteiger partial charge in [0, 0.05) is 19.2 Å². The molecule has 1 aromatic rings. The smallest absolute Gasteiger partial charge is 0.410 e. The molecule has 1 aliphatic heterocycles. The number of piperazine rings is 1. The predicted octanol–water partition coefficient (Wildman–Crippen LogP) is 2.23. The first-order chi connectivity index (χ1) is 13.5. The highest BCUT2D eigenvalue weighted by molar-refractivity contribution is 5.68. The Balaban J connectivity index is 2.00. The highest BCUT2D eigenvalue weighted by Gasteiger charge is 2.29.